The molecule has 21 heavy (non-hydrogen) atoms. The van der Waals surface area contributed by atoms with Gasteiger partial charge in [-0.2, -0.15) is 0 Å². The molecule has 116 valence electrons. The van der Waals surface area contributed by atoms with Crippen LogP contribution in [0.5, 0.6) is 0 Å². The van der Waals surface area contributed by atoms with Crippen LogP contribution < -0.4 is 17.0 Å². The maximum absolute atomic E-state index is 11.1. The number of nitrogens with one attached hydrogen (secondary N) is 1. The third-order valence-corrected chi connectivity index (χ3v) is 2.87. The molecule has 5 N–H and O–H groups in total. The van der Waals surface area contributed by atoms with Crippen LogP contribution in [0, 0.1) is 16.0 Å². The summed E-state index contributed by atoms with van der Waals surface area (Å²) in [5, 5.41) is 11.0. The topological polar surface area (TPSA) is 128 Å². The summed E-state index contributed by atoms with van der Waals surface area (Å²) in [5.74, 6) is 5.29. The van der Waals surface area contributed by atoms with Crippen molar-refractivity contribution in [3.05, 3.63) is 33.9 Å². The van der Waals surface area contributed by atoms with E-state index in [4.69, 9.17) is 11.6 Å². The van der Waals surface area contributed by atoms with E-state index in [1.54, 1.807) is 12.1 Å². The van der Waals surface area contributed by atoms with E-state index in [-0.39, 0.29) is 17.9 Å². The number of nitro benzene ring substituents is 1. The van der Waals surface area contributed by atoms with Crippen LogP contribution in [0.2, 0.25) is 0 Å². The standard InChI is InChI=1S/C13H21N5O3/c1-9(2)6-17(8-12(14)19)7-10-4-3-5-11(18(20)21)13(10)16-15/h3-5,9,16H,6-8,15H2,1-2H3,(H2,14,19). The lowest BCUT2D eigenvalue weighted by atomic mass is 10.1. The average molecular weight is 295 g/mol. The van der Waals surface area contributed by atoms with E-state index >= 15 is 0 Å². The molecule has 1 amide bonds. The number of nitrogens with two attached hydrogens (primary N) is 2. The molecule has 0 aromatic heterocycles. The van der Waals surface area contributed by atoms with Crippen LogP contribution in [0.4, 0.5) is 11.4 Å². The highest BCUT2D eigenvalue weighted by Crippen LogP contribution is 2.28. The van der Waals surface area contributed by atoms with Gasteiger partial charge in [-0.1, -0.05) is 26.0 Å². The van der Waals surface area contributed by atoms with E-state index in [1.807, 2.05) is 18.7 Å². The van der Waals surface area contributed by atoms with Gasteiger partial charge in [0.1, 0.15) is 5.69 Å². The van der Waals surface area contributed by atoms with Gasteiger partial charge in [-0.15, -0.1) is 0 Å². The van der Waals surface area contributed by atoms with Gasteiger partial charge in [0.25, 0.3) is 5.69 Å². The van der Waals surface area contributed by atoms with Crippen molar-refractivity contribution in [2.75, 3.05) is 18.5 Å². The van der Waals surface area contributed by atoms with Crippen LogP contribution in [-0.4, -0.2) is 28.8 Å². The first kappa shape index (κ1) is 16.9. The second-order valence-corrected chi connectivity index (χ2v) is 5.24. The monoisotopic (exact) mass is 295 g/mol. The minimum Gasteiger partial charge on any atom is -0.369 e. The number of nitrogens with zero attached hydrogens (tertiary/aromatic N) is 2. The van der Waals surface area contributed by atoms with Gasteiger partial charge in [-0.3, -0.25) is 25.7 Å². The lowest BCUT2D eigenvalue weighted by Gasteiger charge is -2.23. The summed E-state index contributed by atoms with van der Waals surface area (Å²) in [5.41, 5.74) is 8.41. The first-order chi connectivity index (χ1) is 9.85. The Balaban J connectivity index is 3.04. The van der Waals surface area contributed by atoms with Gasteiger partial charge < -0.3 is 11.2 Å². The van der Waals surface area contributed by atoms with E-state index in [2.05, 4.69) is 5.43 Å². The molecule has 0 atom stereocenters. The second-order valence-electron chi connectivity index (χ2n) is 5.24. The van der Waals surface area contributed by atoms with E-state index in [9.17, 15) is 14.9 Å². The molecule has 1 rings (SSSR count). The van der Waals surface area contributed by atoms with Crippen LogP contribution >= 0.6 is 0 Å². The first-order valence-corrected chi connectivity index (χ1v) is 6.58. The fourth-order valence-corrected chi connectivity index (χ4v) is 2.20. The molecule has 8 heteroatoms. The van der Waals surface area contributed by atoms with Gasteiger partial charge in [-0.05, 0) is 11.5 Å². The number of benzene rings is 1. The largest absolute Gasteiger partial charge is 0.369 e. The zero-order valence-corrected chi connectivity index (χ0v) is 12.2. The predicted octanol–water partition coefficient (Wildman–Crippen LogP) is 0.824. The van der Waals surface area contributed by atoms with Crippen molar-refractivity contribution in [2.24, 2.45) is 17.5 Å². The minimum absolute atomic E-state index is 0.0882. The summed E-state index contributed by atoms with van der Waals surface area (Å²) in [4.78, 5) is 23.5. The number of hydrazine groups is 1. The van der Waals surface area contributed by atoms with E-state index in [0.717, 1.165) is 0 Å². The summed E-state index contributed by atoms with van der Waals surface area (Å²) in [6.45, 7) is 5.12. The number of hydrogen-bond acceptors (Lipinski definition) is 6. The van der Waals surface area contributed by atoms with Crippen molar-refractivity contribution in [3.63, 3.8) is 0 Å². The maximum Gasteiger partial charge on any atom is 0.293 e. The number of anilines is 1. The maximum atomic E-state index is 11.1. The smallest absolute Gasteiger partial charge is 0.293 e. The number of carbonyl (C=O) groups excluding carboxylic acids is 1. The molecule has 0 fully saturated rings. The number of amides is 1. The number of para-hydroxylation sites is 1. The van der Waals surface area contributed by atoms with Crippen molar-refractivity contribution in [2.45, 2.75) is 20.4 Å². The molecule has 0 aliphatic heterocycles. The number of nitro groups is 1. The Labute approximate surface area is 123 Å². The molecule has 0 radical (unpaired) electrons. The van der Waals surface area contributed by atoms with E-state index in [0.29, 0.717) is 24.6 Å². The SMILES string of the molecule is CC(C)CN(CC(N)=O)Cc1cccc([N+](=O)[O-])c1NN. The highest BCUT2D eigenvalue weighted by atomic mass is 16.6. The molecule has 0 saturated heterocycles. The van der Waals surface area contributed by atoms with Crippen LogP contribution in [-0.2, 0) is 11.3 Å². The number of nitrogen functional groups attached to an aromatic ring is 1. The molecule has 0 bridgehead atoms. The molecule has 0 aliphatic rings. The number of primary amides is 1. The Kier molecular flexibility index (Phi) is 6.07. The van der Waals surface area contributed by atoms with Crippen molar-refractivity contribution < 1.29 is 9.72 Å². The normalized spacial score (nSPS) is 10.9. The van der Waals surface area contributed by atoms with Gasteiger partial charge in [0.15, 0.2) is 0 Å². The van der Waals surface area contributed by atoms with E-state index in [1.165, 1.54) is 6.07 Å². The molecule has 8 nitrogen and oxygen atoms in total. The fraction of sp³-hybridized carbons (Fsp3) is 0.462. The highest BCUT2D eigenvalue weighted by Gasteiger charge is 2.19. The Morgan fingerprint density at radius 3 is 2.62 bits per heavy atom. The summed E-state index contributed by atoms with van der Waals surface area (Å²) < 4.78 is 0. The van der Waals surface area contributed by atoms with Crippen LogP contribution in [0.15, 0.2) is 18.2 Å². The molecule has 0 heterocycles. The van der Waals surface area contributed by atoms with Crippen molar-refractivity contribution in [1.82, 2.24) is 4.90 Å². The van der Waals surface area contributed by atoms with Crippen LogP contribution in [0.3, 0.4) is 0 Å². The summed E-state index contributed by atoms with van der Waals surface area (Å²) >= 11 is 0. The van der Waals surface area contributed by atoms with Gasteiger partial charge in [0.2, 0.25) is 5.91 Å². The Hall–Kier alpha value is -2.19. The molecule has 1 aromatic rings. The quantitative estimate of drug-likeness (QED) is 0.370. The fourth-order valence-electron chi connectivity index (χ4n) is 2.20. The molecule has 0 unspecified atom stereocenters. The molecule has 0 saturated carbocycles. The average Bonchev–Trinajstić information content (AvgIpc) is 2.36. The number of carbonyl (C=O) groups is 1. The third kappa shape index (κ3) is 5.01. The summed E-state index contributed by atoms with van der Waals surface area (Å²) in [7, 11) is 0. The predicted molar refractivity (Wildman–Crippen MR) is 80.2 cm³/mol. The van der Waals surface area contributed by atoms with Gasteiger partial charge in [-0.25, -0.2) is 0 Å². The van der Waals surface area contributed by atoms with Crippen LogP contribution in [0.25, 0.3) is 0 Å². The van der Waals surface area contributed by atoms with Crippen molar-refractivity contribution in [3.8, 4) is 0 Å². The van der Waals surface area contributed by atoms with E-state index < -0.39 is 10.8 Å². The molecule has 1 aromatic carbocycles. The van der Waals surface area contributed by atoms with Crippen molar-refractivity contribution >= 4 is 17.3 Å². The first-order valence-electron chi connectivity index (χ1n) is 6.58. The Morgan fingerprint density at radius 2 is 2.14 bits per heavy atom. The zero-order chi connectivity index (χ0) is 16.0. The molecular weight excluding hydrogens is 274 g/mol. The lowest BCUT2D eigenvalue weighted by molar-refractivity contribution is -0.384. The van der Waals surface area contributed by atoms with Gasteiger partial charge in [0, 0.05) is 19.2 Å². The number of hydrogen-bond donors (Lipinski definition) is 3. The molecular formula is C13H21N5O3. The van der Waals surface area contributed by atoms with Gasteiger partial charge >= 0.3 is 0 Å². The third-order valence-electron chi connectivity index (χ3n) is 2.87. The second kappa shape index (κ2) is 7.55. The zero-order valence-electron chi connectivity index (χ0n) is 12.2. The highest BCUT2D eigenvalue weighted by molar-refractivity contribution is 5.76. The molecule has 0 aliphatic carbocycles. The molecule has 0 spiro atoms. The van der Waals surface area contributed by atoms with Crippen LogP contribution in [0.1, 0.15) is 19.4 Å². The lowest BCUT2D eigenvalue weighted by Crippen LogP contribution is -2.36. The Morgan fingerprint density at radius 1 is 1.48 bits per heavy atom. The summed E-state index contributed by atoms with van der Waals surface area (Å²) in [6.07, 6.45) is 0. The summed E-state index contributed by atoms with van der Waals surface area (Å²) in [6, 6.07) is 4.70. The number of rotatable bonds is 8. The minimum atomic E-state index is -0.500. The van der Waals surface area contributed by atoms with Gasteiger partial charge in [0.05, 0.1) is 11.5 Å². The van der Waals surface area contributed by atoms with Crippen molar-refractivity contribution in [1.29, 1.82) is 0 Å². The Bertz CT molecular complexity index is 519.